The van der Waals surface area contributed by atoms with Crippen LogP contribution in [0.2, 0.25) is 0 Å². The Hall–Kier alpha value is -3.16. The van der Waals surface area contributed by atoms with E-state index >= 15 is 0 Å². The van der Waals surface area contributed by atoms with Crippen molar-refractivity contribution in [3.8, 4) is 5.75 Å². The minimum atomic E-state index is -0.00575. The minimum Gasteiger partial charge on any atom is -0.497 e. The normalized spacial score (nSPS) is 18.4. The molecule has 1 atom stereocenters. The van der Waals surface area contributed by atoms with Crippen molar-refractivity contribution in [3.63, 3.8) is 0 Å². The van der Waals surface area contributed by atoms with Crippen molar-refractivity contribution in [3.05, 3.63) is 87.6 Å². The molecule has 0 N–H and O–H groups in total. The third kappa shape index (κ3) is 5.32. The molecular formula is C29H33N3O3S. The number of thiophene rings is 1. The smallest absolute Gasteiger partial charge is 0.254 e. The summed E-state index contributed by atoms with van der Waals surface area (Å²) in [7, 11) is 1.60. The summed E-state index contributed by atoms with van der Waals surface area (Å²) in [5.41, 5.74) is 3.29. The van der Waals surface area contributed by atoms with Crippen LogP contribution in [0.1, 0.15) is 45.2 Å². The Morgan fingerprint density at radius 1 is 0.944 bits per heavy atom. The van der Waals surface area contributed by atoms with Crippen molar-refractivity contribution in [1.29, 1.82) is 0 Å². The zero-order valence-electron chi connectivity index (χ0n) is 20.8. The van der Waals surface area contributed by atoms with E-state index < -0.39 is 0 Å². The molecule has 6 nitrogen and oxygen atoms in total. The van der Waals surface area contributed by atoms with Gasteiger partial charge in [-0.25, -0.2) is 0 Å². The lowest BCUT2D eigenvalue weighted by Gasteiger charge is -2.36. The summed E-state index contributed by atoms with van der Waals surface area (Å²) in [6.07, 6.45) is 2.32. The highest BCUT2D eigenvalue weighted by Crippen LogP contribution is 2.37. The molecule has 36 heavy (non-hydrogen) atoms. The van der Waals surface area contributed by atoms with E-state index in [0.717, 1.165) is 25.9 Å². The van der Waals surface area contributed by atoms with E-state index in [1.54, 1.807) is 13.2 Å². The first-order chi connectivity index (χ1) is 17.6. The summed E-state index contributed by atoms with van der Waals surface area (Å²) in [5, 5.41) is 2.19. The average molecular weight is 504 g/mol. The summed E-state index contributed by atoms with van der Waals surface area (Å²) in [4.78, 5) is 34.0. The lowest BCUT2D eigenvalue weighted by atomic mass is 9.93. The summed E-state index contributed by atoms with van der Waals surface area (Å²) in [5.74, 6) is 0.843. The van der Waals surface area contributed by atoms with Crippen LogP contribution in [0.15, 0.2) is 66.0 Å². The molecule has 0 spiro atoms. The van der Waals surface area contributed by atoms with Gasteiger partial charge in [0, 0.05) is 56.1 Å². The van der Waals surface area contributed by atoms with Crippen LogP contribution < -0.4 is 4.74 Å². The van der Waals surface area contributed by atoms with Gasteiger partial charge in [-0.05, 0) is 53.6 Å². The van der Waals surface area contributed by atoms with E-state index in [-0.39, 0.29) is 17.9 Å². The van der Waals surface area contributed by atoms with Crippen molar-refractivity contribution in [2.75, 3.05) is 46.4 Å². The van der Waals surface area contributed by atoms with Gasteiger partial charge in [0.05, 0.1) is 13.2 Å². The second-order valence-electron chi connectivity index (χ2n) is 9.41. The van der Waals surface area contributed by atoms with Gasteiger partial charge in [0.2, 0.25) is 5.91 Å². The van der Waals surface area contributed by atoms with Gasteiger partial charge in [-0.1, -0.05) is 36.4 Å². The van der Waals surface area contributed by atoms with Crippen LogP contribution in [0.5, 0.6) is 5.75 Å². The summed E-state index contributed by atoms with van der Waals surface area (Å²) >= 11 is 1.84. The number of hydrogen-bond acceptors (Lipinski definition) is 5. The number of methoxy groups -OCH3 is 1. The van der Waals surface area contributed by atoms with Crippen molar-refractivity contribution < 1.29 is 14.3 Å². The molecular weight excluding hydrogens is 470 g/mol. The number of hydrogen-bond donors (Lipinski definition) is 0. The number of nitrogens with zero attached hydrogens (tertiary/aromatic N) is 3. The number of fused-ring (bicyclic) bond motifs is 1. The van der Waals surface area contributed by atoms with Crippen LogP contribution in [0, 0.1) is 0 Å². The zero-order chi connectivity index (χ0) is 24.9. The molecule has 3 heterocycles. The Morgan fingerprint density at radius 3 is 2.58 bits per heavy atom. The lowest BCUT2D eigenvalue weighted by Crippen LogP contribution is -2.40. The molecule has 2 aliphatic heterocycles. The van der Waals surface area contributed by atoms with Crippen LogP contribution in [0.3, 0.4) is 0 Å². The third-order valence-corrected chi connectivity index (χ3v) is 8.24. The van der Waals surface area contributed by atoms with Gasteiger partial charge in [-0.3, -0.25) is 14.5 Å². The van der Waals surface area contributed by atoms with E-state index in [2.05, 4.69) is 46.7 Å². The molecule has 3 aromatic rings. The average Bonchev–Trinajstić information content (AvgIpc) is 3.27. The molecule has 5 rings (SSSR count). The second kappa shape index (κ2) is 11.3. The van der Waals surface area contributed by atoms with Gasteiger partial charge in [-0.2, -0.15) is 0 Å². The Labute approximate surface area is 217 Å². The number of carbonyl (C=O) groups excluding carboxylic acids is 2. The van der Waals surface area contributed by atoms with Gasteiger partial charge in [-0.15, -0.1) is 11.3 Å². The first-order valence-electron chi connectivity index (χ1n) is 12.7. The first-order valence-corrected chi connectivity index (χ1v) is 13.6. The molecule has 2 amide bonds. The van der Waals surface area contributed by atoms with E-state index in [0.29, 0.717) is 43.9 Å². The highest BCUT2D eigenvalue weighted by molar-refractivity contribution is 7.10. The van der Waals surface area contributed by atoms with Crippen molar-refractivity contribution in [2.45, 2.75) is 25.3 Å². The molecule has 0 aliphatic carbocycles. The largest absolute Gasteiger partial charge is 0.497 e. The second-order valence-corrected chi connectivity index (χ2v) is 10.4. The molecule has 1 fully saturated rings. The van der Waals surface area contributed by atoms with Crippen LogP contribution >= 0.6 is 11.3 Å². The SMILES string of the molecule is COc1cccc(C(=O)N2CCCN(C(=O)CCN3CCc4sccc4C3c3ccccc3)CC2)c1. The van der Waals surface area contributed by atoms with Crippen LogP contribution in [0.4, 0.5) is 0 Å². The monoisotopic (exact) mass is 503 g/mol. The number of ether oxygens (including phenoxy) is 1. The molecule has 2 aromatic carbocycles. The molecule has 2 aliphatic rings. The van der Waals surface area contributed by atoms with E-state index in [1.165, 1.54) is 16.0 Å². The maximum absolute atomic E-state index is 13.2. The molecule has 1 saturated heterocycles. The highest BCUT2D eigenvalue weighted by atomic mass is 32.1. The quantitative estimate of drug-likeness (QED) is 0.498. The third-order valence-electron chi connectivity index (χ3n) is 7.25. The molecule has 0 radical (unpaired) electrons. The maximum atomic E-state index is 13.2. The Balaban J connectivity index is 1.20. The van der Waals surface area contributed by atoms with Crippen molar-refractivity contribution in [1.82, 2.24) is 14.7 Å². The molecule has 1 unspecified atom stereocenters. The van der Waals surface area contributed by atoms with Crippen molar-refractivity contribution in [2.24, 2.45) is 0 Å². The summed E-state index contributed by atoms with van der Waals surface area (Å²) in [6.45, 7) is 4.17. The number of carbonyl (C=O) groups is 2. The van der Waals surface area contributed by atoms with Gasteiger partial charge in [0.25, 0.3) is 5.91 Å². The van der Waals surface area contributed by atoms with E-state index in [4.69, 9.17) is 4.74 Å². The van der Waals surface area contributed by atoms with E-state index in [9.17, 15) is 9.59 Å². The van der Waals surface area contributed by atoms with Gasteiger partial charge < -0.3 is 14.5 Å². The van der Waals surface area contributed by atoms with Gasteiger partial charge in [0.15, 0.2) is 0 Å². The van der Waals surface area contributed by atoms with Crippen LogP contribution in [-0.2, 0) is 11.2 Å². The standard InChI is InChI=1S/C29H33N3O3S/c1-35-24-10-5-9-23(21-24)29(34)32-15-6-14-30(18-19-32)27(33)12-17-31-16-11-26-25(13-20-36-26)28(31)22-7-3-2-4-8-22/h2-5,7-10,13,20-21,28H,6,11-12,14-19H2,1H3. The minimum absolute atomic E-state index is 0.00575. The van der Waals surface area contributed by atoms with E-state index in [1.807, 2.05) is 39.3 Å². The predicted molar refractivity (Wildman–Crippen MR) is 143 cm³/mol. The Bertz CT molecular complexity index is 1200. The molecule has 1 aromatic heterocycles. The molecule has 188 valence electrons. The van der Waals surface area contributed by atoms with Gasteiger partial charge >= 0.3 is 0 Å². The highest BCUT2D eigenvalue weighted by Gasteiger charge is 2.30. The fourth-order valence-electron chi connectivity index (χ4n) is 5.34. The summed E-state index contributed by atoms with van der Waals surface area (Å²) in [6, 6.07) is 20.3. The topological polar surface area (TPSA) is 53.1 Å². The zero-order valence-corrected chi connectivity index (χ0v) is 21.6. The Morgan fingerprint density at radius 2 is 1.75 bits per heavy atom. The number of rotatable bonds is 6. The maximum Gasteiger partial charge on any atom is 0.254 e. The molecule has 7 heteroatoms. The number of benzene rings is 2. The Kier molecular flexibility index (Phi) is 7.68. The summed E-state index contributed by atoms with van der Waals surface area (Å²) < 4.78 is 5.27. The van der Waals surface area contributed by atoms with Crippen LogP contribution in [0.25, 0.3) is 0 Å². The lowest BCUT2D eigenvalue weighted by molar-refractivity contribution is -0.131. The van der Waals surface area contributed by atoms with Crippen LogP contribution in [-0.4, -0.2) is 72.9 Å². The van der Waals surface area contributed by atoms with Crippen molar-refractivity contribution >= 4 is 23.2 Å². The predicted octanol–water partition coefficient (Wildman–Crippen LogP) is 4.47. The fraction of sp³-hybridized carbons (Fsp3) is 0.379. The molecule has 0 bridgehead atoms. The molecule has 0 saturated carbocycles. The fourth-order valence-corrected chi connectivity index (χ4v) is 6.24. The van der Waals surface area contributed by atoms with Gasteiger partial charge in [0.1, 0.15) is 5.75 Å². The first kappa shape index (κ1) is 24.5. The number of amides is 2.